The second-order valence-corrected chi connectivity index (χ2v) is 3.36. The number of nitrogens with two attached hydrogens (primary N) is 1. The van der Waals surface area contributed by atoms with Gasteiger partial charge in [0.1, 0.15) is 0 Å². The molecule has 0 saturated carbocycles. The van der Waals surface area contributed by atoms with E-state index in [1.807, 2.05) is 0 Å². The lowest BCUT2D eigenvalue weighted by Crippen LogP contribution is -2.39. The summed E-state index contributed by atoms with van der Waals surface area (Å²) in [5.74, 6) is 1.09. The number of anilines is 3. The van der Waals surface area contributed by atoms with E-state index in [1.54, 1.807) is 6.20 Å². The number of fused-ring (bicyclic) bond motifs is 1. The molecule has 2 rings (SSSR count). The molecule has 4 N–H and O–H groups in total. The molecule has 5 heteroatoms. The number of aromatic nitrogens is 2. The second-order valence-electron chi connectivity index (χ2n) is 3.36. The van der Waals surface area contributed by atoms with Crippen LogP contribution in [0.15, 0.2) is 6.20 Å². The Hall–Kier alpha value is -1.52. The predicted octanol–water partition coefficient (Wildman–Crippen LogP) is 0.673. The summed E-state index contributed by atoms with van der Waals surface area (Å²) < 4.78 is 0. The third-order valence-corrected chi connectivity index (χ3v) is 2.30. The molecule has 0 radical (unpaired) electrons. The molecule has 70 valence electrons. The van der Waals surface area contributed by atoms with Crippen molar-refractivity contribution in [2.45, 2.75) is 25.9 Å². The molecule has 1 aromatic rings. The van der Waals surface area contributed by atoms with Gasteiger partial charge in [-0.1, -0.05) is 0 Å². The number of hydrogen-bond acceptors (Lipinski definition) is 5. The fourth-order valence-corrected chi connectivity index (χ4v) is 1.32. The maximum Gasteiger partial charge on any atom is 0.222 e. The molecule has 1 aliphatic heterocycles. The molecule has 0 bridgehead atoms. The molecule has 2 heterocycles. The van der Waals surface area contributed by atoms with Crippen LogP contribution in [0.25, 0.3) is 0 Å². The van der Waals surface area contributed by atoms with Crippen LogP contribution in [0.2, 0.25) is 0 Å². The average Bonchev–Trinajstić information content (AvgIpc) is 2.08. The van der Waals surface area contributed by atoms with Crippen LogP contribution in [0.1, 0.15) is 13.8 Å². The van der Waals surface area contributed by atoms with Crippen molar-refractivity contribution in [2.24, 2.45) is 0 Å². The molecule has 2 unspecified atom stereocenters. The zero-order chi connectivity index (χ0) is 9.42. The van der Waals surface area contributed by atoms with Crippen LogP contribution in [-0.4, -0.2) is 22.1 Å². The van der Waals surface area contributed by atoms with Crippen molar-refractivity contribution >= 4 is 17.5 Å². The van der Waals surface area contributed by atoms with Crippen LogP contribution < -0.4 is 16.4 Å². The summed E-state index contributed by atoms with van der Waals surface area (Å²) in [7, 11) is 0. The van der Waals surface area contributed by atoms with Gasteiger partial charge in [-0.15, -0.1) is 0 Å². The minimum absolute atomic E-state index is 0.301. The van der Waals surface area contributed by atoms with Gasteiger partial charge in [0.15, 0.2) is 5.82 Å². The van der Waals surface area contributed by atoms with Crippen molar-refractivity contribution in [3.63, 3.8) is 0 Å². The summed E-state index contributed by atoms with van der Waals surface area (Å²) in [6, 6.07) is 0.724. The van der Waals surface area contributed by atoms with Gasteiger partial charge in [-0.3, -0.25) is 0 Å². The number of nitrogens with zero attached hydrogens (tertiary/aromatic N) is 2. The predicted molar refractivity (Wildman–Crippen MR) is 52.6 cm³/mol. The first kappa shape index (κ1) is 8.10. The normalized spacial score (nSPS) is 25.7. The van der Waals surface area contributed by atoms with Crippen LogP contribution in [-0.2, 0) is 0 Å². The summed E-state index contributed by atoms with van der Waals surface area (Å²) in [6.45, 7) is 4.20. The van der Waals surface area contributed by atoms with Crippen molar-refractivity contribution in [2.75, 3.05) is 16.4 Å². The van der Waals surface area contributed by atoms with Gasteiger partial charge in [0, 0.05) is 12.1 Å². The number of nitrogen functional groups attached to an aromatic ring is 1. The van der Waals surface area contributed by atoms with Crippen LogP contribution in [0.5, 0.6) is 0 Å². The molecular weight excluding hydrogens is 166 g/mol. The molecule has 1 aliphatic rings. The zero-order valence-electron chi connectivity index (χ0n) is 7.70. The first-order valence-corrected chi connectivity index (χ1v) is 4.32. The molecule has 0 spiro atoms. The van der Waals surface area contributed by atoms with Crippen molar-refractivity contribution in [3.05, 3.63) is 6.20 Å². The lowest BCUT2D eigenvalue weighted by atomic mass is 10.1. The van der Waals surface area contributed by atoms with Gasteiger partial charge < -0.3 is 16.4 Å². The fraction of sp³-hybridized carbons (Fsp3) is 0.500. The number of hydrogen-bond donors (Lipinski definition) is 3. The van der Waals surface area contributed by atoms with E-state index in [-0.39, 0.29) is 0 Å². The van der Waals surface area contributed by atoms with Gasteiger partial charge in [-0.2, -0.15) is 4.98 Å². The largest absolute Gasteiger partial charge is 0.376 e. The first-order chi connectivity index (χ1) is 6.16. The number of nitrogens with one attached hydrogen (secondary N) is 2. The first-order valence-electron chi connectivity index (χ1n) is 4.32. The van der Waals surface area contributed by atoms with E-state index in [1.165, 1.54) is 0 Å². The summed E-state index contributed by atoms with van der Waals surface area (Å²) in [5, 5.41) is 6.55. The minimum atomic E-state index is 0.301. The standard InChI is InChI=1S/C8H13N5/c1-4-5(2)12-7-6(11-4)3-10-8(9)13-7/h3-5,11H,1-2H3,(H3,9,10,12,13). The maximum absolute atomic E-state index is 5.47. The van der Waals surface area contributed by atoms with Gasteiger partial charge in [-0.05, 0) is 13.8 Å². The van der Waals surface area contributed by atoms with E-state index in [4.69, 9.17) is 5.73 Å². The topological polar surface area (TPSA) is 75.9 Å². The molecule has 2 atom stereocenters. The summed E-state index contributed by atoms with van der Waals surface area (Å²) >= 11 is 0. The Morgan fingerprint density at radius 3 is 2.77 bits per heavy atom. The maximum atomic E-state index is 5.47. The van der Waals surface area contributed by atoms with Crippen LogP contribution in [0, 0.1) is 0 Å². The van der Waals surface area contributed by atoms with Gasteiger partial charge >= 0.3 is 0 Å². The van der Waals surface area contributed by atoms with Gasteiger partial charge in [-0.25, -0.2) is 4.98 Å². The molecule has 5 nitrogen and oxygen atoms in total. The summed E-state index contributed by atoms with van der Waals surface area (Å²) in [6.07, 6.45) is 1.70. The minimum Gasteiger partial charge on any atom is -0.376 e. The molecule has 0 saturated heterocycles. The molecule has 1 aromatic heterocycles. The number of rotatable bonds is 0. The highest BCUT2D eigenvalue weighted by Crippen LogP contribution is 2.25. The second kappa shape index (κ2) is 2.76. The SMILES string of the molecule is CC1Nc2cnc(N)nc2NC1C. The highest BCUT2D eigenvalue weighted by Gasteiger charge is 2.21. The van der Waals surface area contributed by atoms with Crippen molar-refractivity contribution in [1.82, 2.24) is 9.97 Å². The van der Waals surface area contributed by atoms with Crippen LogP contribution >= 0.6 is 0 Å². The van der Waals surface area contributed by atoms with Gasteiger partial charge in [0.05, 0.1) is 11.9 Å². The summed E-state index contributed by atoms with van der Waals surface area (Å²) in [4.78, 5) is 8.01. The Bertz CT molecular complexity index is 324. The van der Waals surface area contributed by atoms with Crippen LogP contribution in [0.3, 0.4) is 0 Å². The third-order valence-electron chi connectivity index (χ3n) is 2.30. The quantitative estimate of drug-likeness (QED) is 0.546. The van der Waals surface area contributed by atoms with Crippen molar-refractivity contribution in [1.29, 1.82) is 0 Å². The van der Waals surface area contributed by atoms with E-state index < -0.39 is 0 Å². The summed E-state index contributed by atoms with van der Waals surface area (Å²) in [5.41, 5.74) is 6.39. The molecular formula is C8H13N5. The van der Waals surface area contributed by atoms with E-state index in [2.05, 4.69) is 34.4 Å². The fourth-order valence-electron chi connectivity index (χ4n) is 1.32. The zero-order valence-corrected chi connectivity index (χ0v) is 7.70. The van der Waals surface area contributed by atoms with Crippen LogP contribution in [0.4, 0.5) is 17.5 Å². The van der Waals surface area contributed by atoms with Gasteiger partial charge in [0.2, 0.25) is 5.95 Å². The average molecular weight is 179 g/mol. The van der Waals surface area contributed by atoms with Crippen molar-refractivity contribution < 1.29 is 0 Å². The van der Waals surface area contributed by atoms with E-state index in [0.717, 1.165) is 11.5 Å². The molecule has 13 heavy (non-hydrogen) atoms. The Morgan fingerprint density at radius 1 is 1.31 bits per heavy atom. The lowest BCUT2D eigenvalue weighted by molar-refractivity contribution is 0.658. The Morgan fingerprint density at radius 2 is 2.00 bits per heavy atom. The Balaban J connectivity index is 2.37. The monoisotopic (exact) mass is 179 g/mol. The molecule has 0 amide bonds. The lowest BCUT2D eigenvalue weighted by Gasteiger charge is -2.30. The molecule has 0 fully saturated rings. The molecule has 0 aliphatic carbocycles. The Labute approximate surface area is 76.8 Å². The highest BCUT2D eigenvalue weighted by molar-refractivity contribution is 5.67. The third kappa shape index (κ3) is 1.37. The van der Waals surface area contributed by atoms with E-state index in [9.17, 15) is 0 Å². The van der Waals surface area contributed by atoms with E-state index >= 15 is 0 Å². The smallest absolute Gasteiger partial charge is 0.222 e. The van der Waals surface area contributed by atoms with Gasteiger partial charge in [0.25, 0.3) is 0 Å². The molecule has 0 aromatic carbocycles. The van der Waals surface area contributed by atoms with E-state index in [0.29, 0.717) is 18.0 Å². The Kier molecular flexibility index (Phi) is 1.72. The highest BCUT2D eigenvalue weighted by atomic mass is 15.2. The van der Waals surface area contributed by atoms with Crippen molar-refractivity contribution in [3.8, 4) is 0 Å².